The Morgan fingerprint density at radius 1 is 1.39 bits per heavy atom. The molecule has 0 saturated heterocycles. The summed E-state index contributed by atoms with van der Waals surface area (Å²) >= 11 is 1.57. The van der Waals surface area contributed by atoms with Crippen LogP contribution >= 0.6 is 11.3 Å². The largest absolute Gasteiger partial charge is 0.337 e. The zero-order valence-corrected chi connectivity index (χ0v) is 11.4. The summed E-state index contributed by atoms with van der Waals surface area (Å²) in [6.07, 6.45) is 4.50. The highest BCUT2D eigenvalue weighted by molar-refractivity contribution is 7.14. The van der Waals surface area contributed by atoms with E-state index in [1.165, 1.54) is 4.88 Å². The Hall–Kier alpha value is -1.68. The number of rotatable bonds is 4. The molecule has 3 nitrogen and oxygen atoms in total. The average molecular weight is 260 g/mol. The lowest BCUT2D eigenvalue weighted by atomic mass is 10.2. The number of hydrogen-bond donors (Lipinski definition) is 0. The summed E-state index contributed by atoms with van der Waals surface area (Å²) in [4.78, 5) is 20.0. The van der Waals surface area contributed by atoms with Crippen molar-refractivity contribution >= 4 is 17.2 Å². The van der Waals surface area contributed by atoms with Gasteiger partial charge in [-0.3, -0.25) is 9.78 Å². The molecule has 2 rings (SSSR count). The van der Waals surface area contributed by atoms with Crippen molar-refractivity contribution in [2.45, 2.75) is 19.9 Å². The van der Waals surface area contributed by atoms with Gasteiger partial charge in [-0.15, -0.1) is 11.3 Å². The van der Waals surface area contributed by atoms with Crippen molar-refractivity contribution in [1.29, 1.82) is 0 Å². The number of aromatic nitrogens is 1. The van der Waals surface area contributed by atoms with Gasteiger partial charge in [-0.2, -0.15) is 0 Å². The van der Waals surface area contributed by atoms with Crippen LogP contribution in [0, 0.1) is 0 Å². The first-order valence-corrected chi connectivity index (χ1v) is 6.75. The third-order valence-corrected chi connectivity index (χ3v) is 3.93. The van der Waals surface area contributed by atoms with Crippen LogP contribution < -0.4 is 0 Å². The molecule has 0 aliphatic carbocycles. The molecule has 0 radical (unpaired) electrons. The third kappa shape index (κ3) is 2.96. The second-order valence-electron chi connectivity index (χ2n) is 4.14. The van der Waals surface area contributed by atoms with E-state index in [4.69, 9.17) is 0 Å². The van der Waals surface area contributed by atoms with E-state index in [9.17, 15) is 4.79 Å². The number of carbonyl (C=O) groups is 1. The van der Waals surface area contributed by atoms with Crippen LogP contribution in [0.2, 0.25) is 0 Å². The van der Waals surface area contributed by atoms with Crippen molar-refractivity contribution in [3.8, 4) is 0 Å². The molecule has 2 heterocycles. The fourth-order valence-corrected chi connectivity index (χ4v) is 2.65. The van der Waals surface area contributed by atoms with Crippen LogP contribution in [0.4, 0.5) is 0 Å². The third-order valence-electron chi connectivity index (χ3n) is 2.71. The Morgan fingerprint density at radius 3 is 2.83 bits per heavy atom. The van der Waals surface area contributed by atoms with Crippen molar-refractivity contribution < 1.29 is 4.79 Å². The van der Waals surface area contributed by atoms with Gasteiger partial charge in [-0.1, -0.05) is 13.0 Å². The molecule has 2 aromatic heterocycles. The molecule has 2 aromatic rings. The molecule has 18 heavy (non-hydrogen) atoms. The lowest BCUT2D eigenvalue weighted by Gasteiger charge is -2.15. The SMILES string of the molecule is CCc1ccc(C(=O)N(C)Cc2cccnc2)s1. The van der Waals surface area contributed by atoms with Gasteiger partial charge in [0, 0.05) is 30.9 Å². The molecule has 4 heteroatoms. The minimum Gasteiger partial charge on any atom is -0.337 e. The van der Waals surface area contributed by atoms with Crippen LogP contribution in [-0.2, 0) is 13.0 Å². The second kappa shape index (κ2) is 5.78. The summed E-state index contributed by atoms with van der Waals surface area (Å²) in [5.74, 6) is 0.0727. The number of pyridine rings is 1. The summed E-state index contributed by atoms with van der Waals surface area (Å²) in [6, 6.07) is 7.79. The lowest BCUT2D eigenvalue weighted by molar-refractivity contribution is 0.0790. The van der Waals surface area contributed by atoms with Crippen LogP contribution in [0.5, 0.6) is 0 Å². The number of thiophene rings is 1. The topological polar surface area (TPSA) is 33.2 Å². The maximum absolute atomic E-state index is 12.2. The Bertz CT molecular complexity index is 522. The fraction of sp³-hybridized carbons (Fsp3) is 0.286. The van der Waals surface area contributed by atoms with Gasteiger partial charge < -0.3 is 4.90 Å². The van der Waals surface area contributed by atoms with Crippen molar-refractivity contribution in [3.63, 3.8) is 0 Å². The maximum Gasteiger partial charge on any atom is 0.263 e. The first kappa shape index (κ1) is 12.8. The first-order chi connectivity index (χ1) is 8.70. The standard InChI is InChI=1S/C14H16N2OS/c1-3-12-6-7-13(18-12)14(17)16(2)10-11-5-4-8-15-9-11/h4-9H,3,10H2,1-2H3. The Morgan fingerprint density at radius 2 is 2.22 bits per heavy atom. The quantitative estimate of drug-likeness (QED) is 0.846. The minimum atomic E-state index is 0.0727. The maximum atomic E-state index is 12.2. The zero-order chi connectivity index (χ0) is 13.0. The molecule has 94 valence electrons. The molecule has 0 spiro atoms. The molecule has 0 unspecified atom stereocenters. The van der Waals surface area contributed by atoms with E-state index < -0.39 is 0 Å². The molecule has 1 amide bonds. The van der Waals surface area contributed by atoms with Gasteiger partial charge in [0.2, 0.25) is 0 Å². The number of amides is 1. The summed E-state index contributed by atoms with van der Waals surface area (Å²) in [5.41, 5.74) is 1.04. The van der Waals surface area contributed by atoms with E-state index in [1.807, 2.05) is 31.3 Å². The smallest absolute Gasteiger partial charge is 0.263 e. The van der Waals surface area contributed by atoms with E-state index in [-0.39, 0.29) is 5.91 Å². The number of hydrogen-bond acceptors (Lipinski definition) is 3. The van der Waals surface area contributed by atoms with Crippen molar-refractivity contribution in [1.82, 2.24) is 9.88 Å². The second-order valence-corrected chi connectivity index (χ2v) is 5.31. The Balaban J connectivity index is 2.05. The summed E-state index contributed by atoms with van der Waals surface area (Å²) in [6.45, 7) is 2.69. The van der Waals surface area contributed by atoms with Gasteiger partial charge >= 0.3 is 0 Å². The molecule has 0 saturated carbocycles. The molecule has 0 aliphatic heterocycles. The van der Waals surface area contributed by atoms with Crippen molar-refractivity contribution in [2.24, 2.45) is 0 Å². The van der Waals surface area contributed by atoms with Gasteiger partial charge in [0.1, 0.15) is 0 Å². The van der Waals surface area contributed by atoms with Gasteiger partial charge in [-0.05, 0) is 30.2 Å². The highest BCUT2D eigenvalue weighted by atomic mass is 32.1. The number of aryl methyl sites for hydroxylation is 1. The van der Waals surface area contributed by atoms with Crippen LogP contribution in [-0.4, -0.2) is 22.8 Å². The fourth-order valence-electron chi connectivity index (χ4n) is 1.71. The van der Waals surface area contributed by atoms with Crippen molar-refractivity contribution in [2.75, 3.05) is 7.05 Å². The van der Waals surface area contributed by atoms with E-state index in [1.54, 1.807) is 28.6 Å². The van der Waals surface area contributed by atoms with Crippen LogP contribution in [0.25, 0.3) is 0 Å². The van der Waals surface area contributed by atoms with Gasteiger partial charge in [0.05, 0.1) is 4.88 Å². The van der Waals surface area contributed by atoms with Gasteiger partial charge in [0.15, 0.2) is 0 Å². The normalized spacial score (nSPS) is 10.3. The van der Waals surface area contributed by atoms with E-state index in [2.05, 4.69) is 11.9 Å². The Labute approximate surface area is 111 Å². The van der Waals surface area contributed by atoms with E-state index >= 15 is 0 Å². The molecule has 0 N–H and O–H groups in total. The molecule has 0 bridgehead atoms. The monoisotopic (exact) mass is 260 g/mol. The van der Waals surface area contributed by atoms with Gasteiger partial charge in [-0.25, -0.2) is 0 Å². The molecule has 0 aliphatic rings. The van der Waals surface area contributed by atoms with Crippen LogP contribution in [0.3, 0.4) is 0 Å². The molecular formula is C14H16N2OS. The summed E-state index contributed by atoms with van der Waals surface area (Å²) < 4.78 is 0. The van der Waals surface area contributed by atoms with E-state index in [0.717, 1.165) is 16.9 Å². The predicted octanol–water partition coefficient (Wildman–Crippen LogP) is 2.98. The predicted molar refractivity (Wildman–Crippen MR) is 73.7 cm³/mol. The van der Waals surface area contributed by atoms with Crippen LogP contribution in [0.15, 0.2) is 36.7 Å². The average Bonchev–Trinajstić information content (AvgIpc) is 2.87. The summed E-state index contributed by atoms with van der Waals surface area (Å²) in [5, 5.41) is 0. The highest BCUT2D eigenvalue weighted by Crippen LogP contribution is 2.19. The highest BCUT2D eigenvalue weighted by Gasteiger charge is 2.14. The summed E-state index contributed by atoms with van der Waals surface area (Å²) in [7, 11) is 1.82. The Kier molecular flexibility index (Phi) is 4.10. The first-order valence-electron chi connectivity index (χ1n) is 5.93. The van der Waals surface area contributed by atoms with Gasteiger partial charge in [0.25, 0.3) is 5.91 Å². The molecule has 0 fully saturated rings. The number of carbonyl (C=O) groups excluding carboxylic acids is 1. The van der Waals surface area contributed by atoms with Crippen molar-refractivity contribution in [3.05, 3.63) is 52.0 Å². The lowest BCUT2D eigenvalue weighted by Crippen LogP contribution is -2.25. The zero-order valence-electron chi connectivity index (χ0n) is 10.6. The molecule has 0 aromatic carbocycles. The van der Waals surface area contributed by atoms with Crippen LogP contribution in [0.1, 0.15) is 27.0 Å². The van der Waals surface area contributed by atoms with E-state index in [0.29, 0.717) is 6.54 Å². The molecular weight excluding hydrogens is 244 g/mol. The minimum absolute atomic E-state index is 0.0727. The molecule has 0 atom stereocenters. The number of nitrogens with zero attached hydrogens (tertiary/aromatic N) is 2.